The number of rotatable bonds is 11. The predicted octanol–water partition coefficient (Wildman–Crippen LogP) is 0.102. The third-order valence-electron chi connectivity index (χ3n) is 5.01. The number of ether oxygens (including phenoxy) is 1. The molecule has 0 aromatic carbocycles. The van der Waals surface area contributed by atoms with Gasteiger partial charge in [-0.1, -0.05) is 18.5 Å². The zero-order valence-electron chi connectivity index (χ0n) is 17.4. The summed E-state index contributed by atoms with van der Waals surface area (Å²) in [5, 5.41) is 19.8. The molecule has 3 amide bonds. The van der Waals surface area contributed by atoms with Crippen LogP contribution in [0.2, 0.25) is 0 Å². The molecule has 2 unspecified atom stereocenters. The van der Waals surface area contributed by atoms with Gasteiger partial charge >= 0.3 is 5.97 Å². The lowest BCUT2D eigenvalue weighted by atomic mass is 9.99. The Labute approximate surface area is 191 Å². The van der Waals surface area contributed by atoms with E-state index in [1.54, 1.807) is 0 Å². The molecular weight excluding hydrogens is 462 g/mol. The molecule has 3 rings (SSSR count). The van der Waals surface area contributed by atoms with Crippen LogP contribution in [0.1, 0.15) is 25.5 Å². The van der Waals surface area contributed by atoms with Crippen molar-refractivity contribution in [3.63, 3.8) is 0 Å². The van der Waals surface area contributed by atoms with Crippen molar-refractivity contribution in [2.45, 2.75) is 36.8 Å². The number of aromatic nitrogens is 1. The standard InChI is InChI=1S/C18H23N5O7S2/c1-3-4-5-30-22-11(10-6-31-17(20-10)19-9-24)13(25)21-12-14(26)23-7-18(29-2,16(27)28)8-32-15(12)23/h6,9,12,15H,3-5,7-8H2,1-2H3,(H,21,25)(H,27,28)(H,19,20,24)/t12?,15-,18?/m1/s1. The van der Waals surface area contributed by atoms with Gasteiger partial charge in [0.2, 0.25) is 12.3 Å². The summed E-state index contributed by atoms with van der Waals surface area (Å²) in [6.07, 6.45) is 2.09. The van der Waals surface area contributed by atoms with Gasteiger partial charge in [0.25, 0.3) is 5.91 Å². The van der Waals surface area contributed by atoms with E-state index in [0.717, 1.165) is 24.2 Å². The van der Waals surface area contributed by atoms with Crippen molar-refractivity contribution in [2.75, 3.05) is 31.3 Å². The van der Waals surface area contributed by atoms with Crippen LogP contribution >= 0.6 is 23.1 Å². The number of thiazole rings is 1. The molecule has 0 aliphatic carbocycles. The largest absolute Gasteiger partial charge is 0.479 e. The average molecular weight is 486 g/mol. The fraction of sp³-hybridized carbons (Fsp3) is 0.556. The van der Waals surface area contributed by atoms with E-state index in [-0.39, 0.29) is 28.8 Å². The summed E-state index contributed by atoms with van der Waals surface area (Å²) in [6, 6.07) is -0.844. The molecule has 0 radical (unpaired) electrons. The van der Waals surface area contributed by atoms with Gasteiger partial charge in [0.1, 0.15) is 23.7 Å². The Bertz CT molecular complexity index is 923. The zero-order chi connectivity index (χ0) is 23.3. The van der Waals surface area contributed by atoms with Crippen LogP contribution in [0.4, 0.5) is 5.13 Å². The van der Waals surface area contributed by atoms with Gasteiger partial charge < -0.3 is 30.2 Å². The number of unbranched alkanes of at least 4 members (excludes halogenated alkanes) is 1. The van der Waals surface area contributed by atoms with E-state index in [9.17, 15) is 24.3 Å². The molecule has 2 saturated heterocycles. The van der Waals surface area contributed by atoms with Gasteiger partial charge in [-0.15, -0.1) is 23.1 Å². The van der Waals surface area contributed by atoms with Crippen LogP contribution in [0, 0.1) is 0 Å². The van der Waals surface area contributed by atoms with E-state index < -0.39 is 34.8 Å². The molecular formula is C18H23N5O7S2. The van der Waals surface area contributed by atoms with Crippen molar-refractivity contribution >= 4 is 58.1 Å². The monoisotopic (exact) mass is 485 g/mol. The highest BCUT2D eigenvalue weighted by atomic mass is 32.2. The first-order valence-electron chi connectivity index (χ1n) is 9.74. The summed E-state index contributed by atoms with van der Waals surface area (Å²) in [6.45, 7) is 2.19. The fourth-order valence-electron chi connectivity index (χ4n) is 3.12. The Morgan fingerprint density at radius 2 is 2.28 bits per heavy atom. The highest BCUT2D eigenvalue weighted by Crippen LogP contribution is 2.39. The topological polar surface area (TPSA) is 160 Å². The summed E-state index contributed by atoms with van der Waals surface area (Å²) < 4.78 is 5.16. The predicted molar refractivity (Wildman–Crippen MR) is 116 cm³/mol. The van der Waals surface area contributed by atoms with Gasteiger partial charge in [0, 0.05) is 18.2 Å². The molecule has 0 bridgehead atoms. The molecule has 0 saturated carbocycles. The number of carboxylic acids is 1. The number of nitrogens with zero attached hydrogens (tertiary/aromatic N) is 3. The van der Waals surface area contributed by atoms with Crippen molar-refractivity contribution in [3.05, 3.63) is 11.1 Å². The Hall–Kier alpha value is -2.71. The number of amides is 3. The van der Waals surface area contributed by atoms with Crippen LogP contribution in [-0.4, -0.2) is 87.9 Å². The molecule has 1 aromatic heterocycles. The minimum atomic E-state index is -1.48. The molecule has 2 aliphatic rings. The molecule has 3 heterocycles. The van der Waals surface area contributed by atoms with Crippen LogP contribution < -0.4 is 10.6 Å². The number of oxime groups is 1. The third kappa shape index (κ3) is 4.71. The summed E-state index contributed by atoms with van der Waals surface area (Å²) >= 11 is 2.33. The lowest BCUT2D eigenvalue weighted by molar-refractivity contribution is -0.170. The SMILES string of the molecule is CCCCON=C(C(=O)NC1C(=O)N2CC(OC)(C(=O)O)CS[C@H]12)c1csc(NC=O)n1. The fourth-order valence-corrected chi connectivity index (χ4v) is 5.29. The van der Waals surface area contributed by atoms with Crippen molar-refractivity contribution in [2.24, 2.45) is 5.16 Å². The van der Waals surface area contributed by atoms with Crippen LogP contribution in [0.3, 0.4) is 0 Å². The lowest BCUT2D eigenvalue weighted by Crippen LogP contribution is -2.75. The van der Waals surface area contributed by atoms with Crippen LogP contribution in [0.25, 0.3) is 0 Å². The number of nitrogens with one attached hydrogen (secondary N) is 2. The first-order chi connectivity index (χ1) is 15.4. The van der Waals surface area contributed by atoms with E-state index in [1.807, 2.05) is 6.92 Å². The number of anilines is 1. The number of carbonyl (C=O) groups excluding carboxylic acids is 3. The quantitative estimate of drug-likeness (QED) is 0.130. The Morgan fingerprint density at radius 3 is 2.94 bits per heavy atom. The number of methoxy groups -OCH3 is 1. The van der Waals surface area contributed by atoms with Gasteiger partial charge in [-0.2, -0.15) is 0 Å². The normalized spacial score (nSPS) is 24.9. The van der Waals surface area contributed by atoms with Crippen molar-refractivity contribution < 1.29 is 33.9 Å². The second-order valence-electron chi connectivity index (χ2n) is 7.05. The zero-order valence-corrected chi connectivity index (χ0v) is 19.0. The second-order valence-corrected chi connectivity index (χ2v) is 9.01. The number of fused-ring (bicyclic) bond motifs is 1. The van der Waals surface area contributed by atoms with Gasteiger partial charge in [-0.25, -0.2) is 9.78 Å². The van der Waals surface area contributed by atoms with Crippen molar-refractivity contribution in [1.82, 2.24) is 15.2 Å². The third-order valence-corrected chi connectivity index (χ3v) is 7.29. The number of carboxylic acid groups (broad SMARTS) is 1. The Balaban J connectivity index is 1.71. The smallest absolute Gasteiger partial charge is 0.338 e. The van der Waals surface area contributed by atoms with E-state index in [2.05, 4.69) is 20.8 Å². The molecule has 3 atom stereocenters. The molecule has 2 aliphatic heterocycles. The Kier molecular flexibility index (Phi) is 7.69. The first kappa shape index (κ1) is 23.9. The van der Waals surface area contributed by atoms with E-state index in [4.69, 9.17) is 9.57 Å². The summed E-state index contributed by atoms with van der Waals surface area (Å²) in [5.41, 5.74) is -1.41. The van der Waals surface area contributed by atoms with Gasteiger partial charge in [0.05, 0.1) is 6.54 Å². The highest BCUT2D eigenvalue weighted by molar-refractivity contribution is 8.00. The minimum Gasteiger partial charge on any atom is -0.479 e. The average Bonchev–Trinajstić information content (AvgIpc) is 3.25. The molecule has 32 heavy (non-hydrogen) atoms. The number of hydrogen-bond acceptors (Lipinski definition) is 10. The van der Waals surface area contributed by atoms with E-state index in [1.165, 1.54) is 29.2 Å². The summed E-state index contributed by atoms with van der Waals surface area (Å²) in [7, 11) is 1.29. The molecule has 0 spiro atoms. The maximum atomic E-state index is 12.9. The minimum absolute atomic E-state index is 0.102. The van der Waals surface area contributed by atoms with Crippen LogP contribution in [0.15, 0.2) is 10.5 Å². The molecule has 3 N–H and O–H groups in total. The van der Waals surface area contributed by atoms with Crippen LogP contribution in [0.5, 0.6) is 0 Å². The van der Waals surface area contributed by atoms with Crippen molar-refractivity contribution in [1.29, 1.82) is 0 Å². The molecule has 1 aromatic rings. The highest BCUT2D eigenvalue weighted by Gasteiger charge is 2.58. The first-order valence-corrected chi connectivity index (χ1v) is 11.7. The van der Waals surface area contributed by atoms with E-state index in [0.29, 0.717) is 13.0 Å². The molecule has 14 heteroatoms. The van der Waals surface area contributed by atoms with Gasteiger partial charge in [-0.05, 0) is 6.42 Å². The maximum Gasteiger partial charge on any atom is 0.338 e. The number of aliphatic carboxylic acids is 1. The molecule has 12 nitrogen and oxygen atoms in total. The van der Waals surface area contributed by atoms with Crippen molar-refractivity contribution in [3.8, 4) is 0 Å². The van der Waals surface area contributed by atoms with Crippen LogP contribution in [-0.2, 0) is 28.8 Å². The Morgan fingerprint density at radius 1 is 1.50 bits per heavy atom. The van der Waals surface area contributed by atoms with Gasteiger partial charge in [0.15, 0.2) is 16.4 Å². The number of carbonyl (C=O) groups is 4. The van der Waals surface area contributed by atoms with E-state index >= 15 is 0 Å². The maximum absolute atomic E-state index is 12.9. The van der Waals surface area contributed by atoms with Gasteiger partial charge in [-0.3, -0.25) is 14.4 Å². The summed E-state index contributed by atoms with van der Waals surface area (Å²) in [4.78, 5) is 58.5. The second kappa shape index (κ2) is 10.3. The number of hydrogen-bond donors (Lipinski definition) is 3. The molecule has 174 valence electrons. The summed E-state index contributed by atoms with van der Waals surface area (Å²) in [5.74, 6) is -2.09. The lowest BCUT2D eigenvalue weighted by Gasteiger charge is -2.53. The number of β-lactam (4-membered cyclic amide) rings is 1. The molecule has 2 fully saturated rings. The number of thioether (sulfide) groups is 1.